The van der Waals surface area contributed by atoms with Gasteiger partial charge in [0, 0.05) is 28.0 Å². The van der Waals surface area contributed by atoms with Gasteiger partial charge in [0.2, 0.25) is 0 Å². The summed E-state index contributed by atoms with van der Waals surface area (Å²) in [6.07, 6.45) is 0. The van der Waals surface area contributed by atoms with Crippen LogP contribution in [-0.2, 0) is 0 Å². The van der Waals surface area contributed by atoms with Crippen molar-refractivity contribution in [2.24, 2.45) is 0 Å². The van der Waals surface area contributed by atoms with E-state index in [0.717, 1.165) is 61.6 Å². The number of hydrogen-bond donors (Lipinski definition) is 0. The Hall–Kier alpha value is -7.68. The quantitative estimate of drug-likeness (QED) is 0.151. The number of rotatable bonds is 7. The van der Waals surface area contributed by atoms with Gasteiger partial charge in [0.1, 0.15) is 11.3 Å². The minimum atomic E-state index is 0.862. The first-order chi connectivity index (χ1) is 28.7. The van der Waals surface area contributed by atoms with E-state index in [1.54, 1.807) is 0 Å². The lowest BCUT2D eigenvalue weighted by atomic mass is 9.93. The molecule has 1 heterocycles. The third-order valence-electron chi connectivity index (χ3n) is 11.5. The second-order valence-electron chi connectivity index (χ2n) is 14.9. The first-order valence-electron chi connectivity index (χ1n) is 19.8. The van der Waals surface area contributed by atoms with Gasteiger partial charge >= 0.3 is 0 Å². The van der Waals surface area contributed by atoms with Crippen molar-refractivity contribution < 1.29 is 4.42 Å². The zero-order chi connectivity index (χ0) is 38.4. The molecule has 0 N–H and O–H groups in total. The Morgan fingerprint density at radius 2 is 0.845 bits per heavy atom. The molecule has 1 aromatic heterocycles. The number of fused-ring (bicyclic) bond motifs is 5. The molecule has 0 amide bonds. The predicted octanol–water partition coefficient (Wildman–Crippen LogP) is 16.0. The number of hydrogen-bond acceptors (Lipinski definition) is 2. The fourth-order valence-electron chi connectivity index (χ4n) is 8.57. The van der Waals surface area contributed by atoms with Crippen LogP contribution in [0.15, 0.2) is 229 Å². The maximum Gasteiger partial charge on any atom is 0.136 e. The Labute approximate surface area is 337 Å². The lowest BCUT2D eigenvalue weighted by Gasteiger charge is -2.26. The molecule has 2 nitrogen and oxygen atoms in total. The fraction of sp³-hybridized carbons (Fsp3) is 0. The van der Waals surface area contributed by atoms with Crippen molar-refractivity contribution in [3.05, 3.63) is 224 Å². The second-order valence-corrected chi connectivity index (χ2v) is 14.9. The van der Waals surface area contributed by atoms with E-state index in [1.807, 2.05) is 12.1 Å². The highest BCUT2D eigenvalue weighted by Crippen LogP contribution is 2.42. The summed E-state index contributed by atoms with van der Waals surface area (Å²) >= 11 is 0. The molecule has 0 unspecified atom stereocenters. The van der Waals surface area contributed by atoms with Crippen LogP contribution in [0.1, 0.15) is 0 Å². The Kier molecular flexibility index (Phi) is 8.19. The summed E-state index contributed by atoms with van der Waals surface area (Å²) in [5.74, 6) is 0.862. The molecule has 11 rings (SSSR count). The van der Waals surface area contributed by atoms with Gasteiger partial charge in [0.15, 0.2) is 0 Å². The first kappa shape index (κ1) is 33.6. The van der Waals surface area contributed by atoms with Crippen molar-refractivity contribution in [2.75, 3.05) is 4.90 Å². The molecule has 0 aliphatic heterocycles. The lowest BCUT2D eigenvalue weighted by molar-refractivity contribution is 0.632. The molecule has 0 bridgehead atoms. The van der Waals surface area contributed by atoms with E-state index in [2.05, 4.69) is 217 Å². The first-order valence-corrected chi connectivity index (χ1v) is 19.8. The summed E-state index contributed by atoms with van der Waals surface area (Å²) in [7, 11) is 0. The third kappa shape index (κ3) is 6.00. The molecule has 0 aliphatic carbocycles. The molecule has 58 heavy (non-hydrogen) atoms. The fourth-order valence-corrected chi connectivity index (χ4v) is 8.57. The lowest BCUT2D eigenvalue weighted by Crippen LogP contribution is -2.09. The number of para-hydroxylation sites is 1. The van der Waals surface area contributed by atoms with Gasteiger partial charge in [0.05, 0.1) is 0 Å². The molecule has 0 spiro atoms. The van der Waals surface area contributed by atoms with Crippen LogP contribution in [-0.4, -0.2) is 0 Å². The van der Waals surface area contributed by atoms with Gasteiger partial charge in [-0.05, 0) is 120 Å². The Bertz CT molecular complexity index is 3230. The van der Waals surface area contributed by atoms with Crippen LogP contribution in [0.25, 0.3) is 88.0 Å². The van der Waals surface area contributed by atoms with Crippen LogP contribution in [0, 0.1) is 0 Å². The van der Waals surface area contributed by atoms with E-state index in [1.165, 1.54) is 43.4 Å². The Balaban J connectivity index is 1.01. The Morgan fingerprint density at radius 1 is 0.276 bits per heavy atom. The van der Waals surface area contributed by atoms with Crippen LogP contribution in [0.5, 0.6) is 0 Å². The van der Waals surface area contributed by atoms with Crippen molar-refractivity contribution >= 4 is 60.3 Å². The average Bonchev–Trinajstić information content (AvgIpc) is 3.74. The van der Waals surface area contributed by atoms with Gasteiger partial charge in [-0.1, -0.05) is 170 Å². The predicted molar refractivity (Wildman–Crippen MR) is 245 cm³/mol. The van der Waals surface area contributed by atoms with Crippen LogP contribution < -0.4 is 4.90 Å². The normalized spacial score (nSPS) is 11.4. The highest BCUT2D eigenvalue weighted by atomic mass is 16.3. The van der Waals surface area contributed by atoms with Crippen molar-refractivity contribution in [1.29, 1.82) is 0 Å². The largest absolute Gasteiger partial charge is 0.456 e. The summed E-state index contributed by atoms with van der Waals surface area (Å²) in [6, 6.07) is 80.7. The summed E-state index contributed by atoms with van der Waals surface area (Å²) in [4.78, 5) is 2.36. The maximum atomic E-state index is 6.46. The van der Waals surface area contributed by atoms with Gasteiger partial charge in [-0.3, -0.25) is 0 Å². The molecule has 0 saturated carbocycles. The molecule has 0 fully saturated rings. The summed E-state index contributed by atoms with van der Waals surface area (Å²) in [5, 5.41) is 8.57. The molecule has 272 valence electrons. The van der Waals surface area contributed by atoms with Gasteiger partial charge < -0.3 is 9.32 Å². The minimum absolute atomic E-state index is 0.862. The van der Waals surface area contributed by atoms with Crippen molar-refractivity contribution in [1.82, 2.24) is 0 Å². The number of anilines is 3. The monoisotopic (exact) mass is 739 g/mol. The highest BCUT2D eigenvalue weighted by Gasteiger charge is 2.17. The van der Waals surface area contributed by atoms with E-state index >= 15 is 0 Å². The van der Waals surface area contributed by atoms with Gasteiger partial charge in [-0.25, -0.2) is 0 Å². The summed E-state index contributed by atoms with van der Waals surface area (Å²) in [5.41, 5.74) is 12.2. The summed E-state index contributed by atoms with van der Waals surface area (Å²) in [6.45, 7) is 0. The standard InChI is InChI=1S/C56H37NO/c1-2-11-39(12-3-1)52-33-27-43(36-54(52)56-37-45-15-6-9-20-55(45)58-56)38-23-28-46(29-24-38)57(48-32-34-53-44(35-48)22-21-41-14-5-8-18-50(41)53)47-30-25-42(26-31-47)51-19-10-16-40-13-4-7-17-49(40)51/h1-37H. The van der Waals surface area contributed by atoms with Gasteiger partial charge in [-0.2, -0.15) is 0 Å². The van der Waals surface area contributed by atoms with Gasteiger partial charge in [0.25, 0.3) is 0 Å². The highest BCUT2D eigenvalue weighted by molar-refractivity contribution is 6.08. The number of furan rings is 1. The molecule has 10 aromatic carbocycles. The molecular weight excluding hydrogens is 703 g/mol. The smallest absolute Gasteiger partial charge is 0.136 e. The molecule has 0 atom stereocenters. The van der Waals surface area contributed by atoms with Crippen LogP contribution >= 0.6 is 0 Å². The van der Waals surface area contributed by atoms with Crippen molar-refractivity contribution in [3.63, 3.8) is 0 Å². The average molecular weight is 740 g/mol. The maximum absolute atomic E-state index is 6.46. The molecule has 2 heteroatoms. The molecule has 0 aliphatic rings. The second kappa shape index (κ2) is 14.1. The Morgan fingerprint density at radius 3 is 1.62 bits per heavy atom. The number of nitrogens with zero attached hydrogens (tertiary/aromatic N) is 1. The van der Waals surface area contributed by atoms with Crippen LogP contribution in [0.2, 0.25) is 0 Å². The van der Waals surface area contributed by atoms with Crippen molar-refractivity contribution in [3.8, 4) is 44.7 Å². The molecule has 0 radical (unpaired) electrons. The zero-order valence-electron chi connectivity index (χ0n) is 31.7. The molecule has 11 aromatic rings. The molecule has 0 saturated heterocycles. The zero-order valence-corrected chi connectivity index (χ0v) is 31.7. The minimum Gasteiger partial charge on any atom is -0.456 e. The number of benzene rings is 10. The van der Waals surface area contributed by atoms with Crippen molar-refractivity contribution in [2.45, 2.75) is 0 Å². The third-order valence-corrected chi connectivity index (χ3v) is 11.5. The topological polar surface area (TPSA) is 16.4 Å². The van der Waals surface area contributed by atoms with E-state index in [4.69, 9.17) is 4.42 Å². The van der Waals surface area contributed by atoms with Crippen LogP contribution in [0.3, 0.4) is 0 Å². The summed E-state index contributed by atoms with van der Waals surface area (Å²) < 4.78 is 6.46. The van der Waals surface area contributed by atoms with E-state index in [-0.39, 0.29) is 0 Å². The van der Waals surface area contributed by atoms with E-state index in [9.17, 15) is 0 Å². The SMILES string of the molecule is c1ccc(-c2ccc(-c3ccc(N(c4ccc(-c5cccc6ccccc56)cc4)c4ccc5c(ccc6ccccc65)c4)cc3)cc2-c2cc3ccccc3o2)cc1. The van der Waals surface area contributed by atoms with E-state index < -0.39 is 0 Å². The van der Waals surface area contributed by atoms with Gasteiger partial charge in [-0.15, -0.1) is 0 Å². The van der Waals surface area contributed by atoms with E-state index in [0.29, 0.717) is 0 Å². The molecular formula is C56H37NO. The van der Waals surface area contributed by atoms with Crippen LogP contribution in [0.4, 0.5) is 17.1 Å².